The van der Waals surface area contributed by atoms with Gasteiger partial charge < -0.3 is 15.1 Å². The molecule has 40 heavy (non-hydrogen) atoms. The highest BCUT2D eigenvalue weighted by Crippen LogP contribution is 2.48. The van der Waals surface area contributed by atoms with Gasteiger partial charge in [0.05, 0.1) is 11.4 Å². The highest BCUT2D eigenvalue weighted by molar-refractivity contribution is 7.99. The molecule has 2 aromatic carbocycles. The zero-order valence-corrected chi connectivity index (χ0v) is 24.0. The molecule has 13 heteroatoms. The van der Waals surface area contributed by atoms with Gasteiger partial charge in [0.2, 0.25) is 0 Å². The Morgan fingerprint density at radius 1 is 0.875 bits per heavy atom. The third kappa shape index (κ3) is 12.8. The van der Waals surface area contributed by atoms with Crippen LogP contribution in [-0.2, 0) is 29.9 Å². The summed E-state index contributed by atoms with van der Waals surface area (Å²) >= 11 is 8.11. The molecule has 11 nitrogen and oxygen atoms in total. The van der Waals surface area contributed by atoms with Gasteiger partial charge in [0.25, 0.3) is 0 Å². The van der Waals surface area contributed by atoms with Crippen molar-refractivity contribution < 1.29 is 40.4 Å². The molecule has 0 spiro atoms. The minimum atomic E-state index is 0.0804. The van der Waals surface area contributed by atoms with Crippen molar-refractivity contribution in [3.8, 4) is 23.7 Å². The molecular weight excluding hydrogens is 562 g/mol. The number of hydrogen-bond donors (Lipinski definition) is 3. The summed E-state index contributed by atoms with van der Waals surface area (Å²) in [5.41, 5.74) is 2.55. The molecule has 0 bridgehead atoms. The molecule has 4 rings (SSSR count). The van der Waals surface area contributed by atoms with Crippen LogP contribution in [0.2, 0.25) is 5.02 Å². The maximum atomic E-state index is 7.47. The van der Waals surface area contributed by atoms with Crippen LogP contribution in [0.3, 0.4) is 0 Å². The van der Waals surface area contributed by atoms with E-state index in [-0.39, 0.29) is 13.2 Å². The second-order valence-corrected chi connectivity index (χ2v) is 9.46. The number of hydrogen-bond acceptors (Lipinski definition) is 12. The summed E-state index contributed by atoms with van der Waals surface area (Å²) in [5.74, 6) is 10.1. The fourth-order valence-electron chi connectivity index (χ4n) is 3.72. The van der Waals surface area contributed by atoms with E-state index < -0.39 is 0 Å². The second kappa shape index (κ2) is 21.4. The van der Waals surface area contributed by atoms with E-state index in [4.69, 9.17) is 22.1 Å². The van der Waals surface area contributed by atoms with Crippen molar-refractivity contribution in [2.24, 2.45) is 0 Å². The predicted octanol–water partition coefficient (Wildman–Crippen LogP) is 4.96. The van der Waals surface area contributed by atoms with Gasteiger partial charge in [-0.2, -0.15) is 9.78 Å². The number of fused-ring (bicyclic) bond motifs is 2. The Bertz CT molecular complexity index is 1090. The standard InChI is InChI=1S/C19H22ClN3S.2C4H6O4/c20-15-6-7-19-17(14-15)23(16-4-1-2-5-18(16)24-19)11-3-10-22-12-8-21-9-13-22;2*1-2-3-4-6-8-7-5/h1-2,4-7,14,21H,3,8-13H2;2*5H,4H2,1H3. The molecule has 0 aliphatic carbocycles. The summed E-state index contributed by atoms with van der Waals surface area (Å²) in [7, 11) is 0. The van der Waals surface area contributed by atoms with Crippen LogP contribution < -0.4 is 10.2 Å². The van der Waals surface area contributed by atoms with E-state index in [0.717, 1.165) is 50.7 Å². The van der Waals surface area contributed by atoms with Crippen LogP contribution in [0.25, 0.3) is 0 Å². The molecular formula is C27H34ClN3O8S. The van der Waals surface area contributed by atoms with E-state index >= 15 is 0 Å². The van der Waals surface area contributed by atoms with E-state index in [1.807, 2.05) is 17.8 Å². The summed E-state index contributed by atoms with van der Waals surface area (Å²) < 4.78 is 0. The van der Waals surface area contributed by atoms with E-state index in [9.17, 15) is 0 Å². The average Bonchev–Trinajstić information content (AvgIpc) is 2.99. The van der Waals surface area contributed by atoms with Gasteiger partial charge >= 0.3 is 0 Å². The van der Waals surface area contributed by atoms with Crippen molar-refractivity contribution in [1.29, 1.82) is 0 Å². The van der Waals surface area contributed by atoms with Crippen molar-refractivity contribution >= 4 is 34.7 Å². The fourth-order valence-corrected chi connectivity index (χ4v) is 4.97. The summed E-state index contributed by atoms with van der Waals surface area (Å²) in [6.07, 6.45) is 1.16. The quantitative estimate of drug-likeness (QED) is 0.149. The van der Waals surface area contributed by atoms with Gasteiger partial charge in [0.1, 0.15) is 13.2 Å². The molecule has 0 atom stereocenters. The number of piperazine rings is 1. The average molecular weight is 596 g/mol. The van der Waals surface area contributed by atoms with E-state index in [1.165, 1.54) is 21.2 Å². The van der Waals surface area contributed by atoms with Crippen molar-refractivity contribution in [2.75, 3.05) is 57.4 Å². The van der Waals surface area contributed by atoms with Gasteiger partial charge in [-0.25, -0.2) is 10.5 Å². The van der Waals surface area contributed by atoms with Crippen molar-refractivity contribution in [1.82, 2.24) is 10.2 Å². The number of nitrogens with one attached hydrogen (secondary N) is 1. The first-order valence-electron chi connectivity index (χ1n) is 12.4. The molecule has 0 aromatic heterocycles. The van der Waals surface area contributed by atoms with Crippen LogP contribution in [0, 0.1) is 23.7 Å². The summed E-state index contributed by atoms with van der Waals surface area (Å²) in [6.45, 7) is 10.2. The SMILES string of the molecule is CC#CCOOOO.CC#CCOOOO.Clc1ccc2c(c1)N(CCCN1CCNCC1)c1ccccc1S2. The minimum absolute atomic E-state index is 0.0804. The van der Waals surface area contributed by atoms with Gasteiger partial charge in [-0.05, 0) is 77.3 Å². The number of nitrogens with zero attached hydrogens (tertiary/aromatic N) is 2. The van der Waals surface area contributed by atoms with Crippen LogP contribution in [0.1, 0.15) is 20.3 Å². The van der Waals surface area contributed by atoms with Gasteiger partial charge in [-0.1, -0.05) is 47.3 Å². The van der Waals surface area contributed by atoms with Gasteiger partial charge in [-0.3, -0.25) is 0 Å². The lowest BCUT2D eigenvalue weighted by molar-refractivity contribution is -0.621. The number of para-hydroxylation sites is 1. The summed E-state index contributed by atoms with van der Waals surface area (Å²) in [4.78, 5) is 15.8. The van der Waals surface area contributed by atoms with E-state index in [2.05, 4.69) is 105 Å². The highest BCUT2D eigenvalue weighted by Gasteiger charge is 2.23. The number of rotatable bonds is 10. The first-order chi connectivity index (χ1) is 19.6. The zero-order valence-electron chi connectivity index (χ0n) is 22.4. The second-order valence-electron chi connectivity index (χ2n) is 7.94. The molecule has 2 heterocycles. The van der Waals surface area contributed by atoms with Crippen LogP contribution in [0.4, 0.5) is 11.4 Å². The largest absolute Gasteiger partial charge is 0.340 e. The third-order valence-electron chi connectivity index (χ3n) is 5.43. The lowest BCUT2D eigenvalue weighted by Gasteiger charge is -2.34. The highest BCUT2D eigenvalue weighted by atomic mass is 35.5. The van der Waals surface area contributed by atoms with Crippen molar-refractivity contribution in [3.63, 3.8) is 0 Å². The molecule has 0 saturated carbocycles. The lowest BCUT2D eigenvalue weighted by atomic mass is 10.2. The number of benzene rings is 2. The first kappa shape index (κ1) is 33.8. The summed E-state index contributed by atoms with van der Waals surface area (Å²) in [6, 6.07) is 14.9. The van der Waals surface area contributed by atoms with E-state index in [1.54, 1.807) is 13.8 Å². The van der Waals surface area contributed by atoms with Gasteiger partial charge in [0, 0.05) is 47.5 Å². The first-order valence-corrected chi connectivity index (χ1v) is 13.6. The van der Waals surface area contributed by atoms with Crippen LogP contribution >= 0.6 is 23.4 Å². The predicted molar refractivity (Wildman–Crippen MR) is 151 cm³/mol. The Hall–Kier alpha value is -2.40. The molecule has 0 amide bonds. The molecule has 3 N–H and O–H groups in total. The molecule has 0 unspecified atom stereocenters. The monoisotopic (exact) mass is 595 g/mol. The molecule has 0 radical (unpaired) electrons. The van der Waals surface area contributed by atoms with Crippen LogP contribution in [0.15, 0.2) is 52.3 Å². The topological polar surface area (TPSA) is 114 Å². The summed E-state index contributed by atoms with van der Waals surface area (Å²) in [5, 5.41) is 32.5. The fraction of sp³-hybridized carbons (Fsp3) is 0.407. The van der Waals surface area contributed by atoms with Crippen LogP contribution in [-0.4, -0.2) is 67.9 Å². The van der Waals surface area contributed by atoms with Gasteiger partial charge in [-0.15, -0.1) is 11.8 Å². The zero-order chi connectivity index (χ0) is 28.8. The molecule has 1 fully saturated rings. The Kier molecular flexibility index (Phi) is 18.1. The Morgan fingerprint density at radius 2 is 1.50 bits per heavy atom. The maximum absolute atomic E-state index is 7.47. The van der Waals surface area contributed by atoms with Gasteiger partial charge in [0.15, 0.2) is 0 Å². The Labute approximate surface area is 243 Å². The smallest absolute Gasteiger partial charge is 0.146 e. The Morgan fingerprint density at radius 3 is 2.12 bits per heavy atom. The third-order valence-corrected chi connectivity index (χ3v) is 6.79. The molecule has 1 saturated heterocycles. The molecule has 2 aliphatic rings. The van der Waals surface area contributed by atoms with Crippen molar-refractivity contribution in [3.05, 3.63) is 47.5 Å². The number of anilines is 2. The Balaban J connectivity index is 0.000000290. The molecule has 2 aromatic rings. The molecule has 218 valence electrons. The number of halogens is 1. The lowest BCUT2D eigenvalue weighted by Crippen LogP contribution is -2.44. The van der Waals surface area contributed by atoms with Crippen molar-refractivity contribution in [2.45, 2.75) is 30.1 Å². The maximum Gasteiger partial charge on any atom is 0.146 e. The van der Waals surface area contributed by atoms with E-state index in [0.29, 0.717) is 0 Å². The van der Waals surface area contributed by atoms with Crippen LogP contribution in [0.5, 0.6) is 0 Å². The minimum Gasteiger partial charge on any atom is -0.340 e. The molecule has 2 aliphatic heterocycles. The normalized spacial score (nSPS) is 13.6.